The van der Waals surface area contributed by atoms with Crippen LogP contribution in [0.2, 0.25) is 0 Å². The van der Waals surface area contributed by atoms with Gasteiger partial charge in [0.15, 0.2) is 0 Å². The summed E-state index contributed by atoms with van der Waals surface area (Å²) in [6.45, 7) is 6.50. The number of halogens is 2. The van der Waals surface area contributed by atoms with E-state index in [2.05, 4.69) is 25.8 Å². The van der Waals surface area contributed by atoms with Crippen LogP contribution < -0.4 is 5.73 Å². The molecule has 0 radical (unpaired) electrons. The summed E-state index contributed by atoms with van der Waals surface area (Å²) in [7, 11) is 0. The van der Waals surface area contributed by atoms with Gasteiger partial charge >= 0.3 is 0 Å². The first-order valence-corrected chi connectivity index (χ1v) is 7.64. The zero-order chi connectivity index (χ0) is 14.2. The molecule has 2 atom stereocenters. The summed E-state index contributed by atoms with van der Waals surface area (Å²) in [6.07, 6.45) is 2.14. The van der Waals surface area contributed by atoms with Crippen molar-refractivity contribution < 1.29 is 4.39 Å². The minimum atomic E-state index is -0.218. The van der Waals surface area contributed by atoms with Crippen LogP contribution >= 0.6 is 22.6 Å². The largest absolute Gasteiger partial charge is 0.369 e. The number of hydrogen-bond acceptors (Lipinski definition) is 2. The molecule has 0 aliphatic rings. The summed E-state index contributed by atoms with van der Waals surface area (Å²) >= 11 is 1.97. The maximum atomic E-state index is 13.7. The molecule has 0 aliphatic heterocycles. The maximum Gasteiger partial charge on any atom is 0.201 e. The molecule has 3 nitrogen and oxygen atoms in total. The van der Waals surface area contributed by atoms with Crippen molar-refractivity contribution in [1.82, 2.24) is 9.55 Å². The first-order chi connectivity index (χ1) is 8.93. The van der Waals surface area contributed by atoms with E-state index in [4.69, 9.17) is 5.73 Å². The van der Waals surface area contributed by atoms with Crippen LogP contribution in [0, 0.1) is 15.3 Å². The topological polar surface area (TPSA) is 43.8 Å². The van der Waals surface area contributed by atoms with Crippen LogP contribution in [0.15, 0.2) is 12.1 Å². The first kappa shape index (κ1) is 14.6. The van der Waals surface area contributed by atoms with Crippen molar-refractivity contribution in [3.8, 4) is 0 Å². The average molecular weight is 375 g/mol. The predicted octanol–water partition coefficient (Wildman–Crippen LogP) is 4.36. The summed E-state index contributed by atoms with van der Waals surface area (Å²) in [5.41, 5.74) is 7.55. The van der Waals surface area contributed by atoms with E-state index in [9.17, 15) is 4.39 Å². The Hall–Kier alpha value is -0.850. The number of benzene rings is 1. The second-order valence-electron chi connectivity index (χ2n) is 5.19. The van der Waals surface area contributed by atoms with E-state index in [1.807, 2.05) is 27.2 Å². The zero-order valence-corrected chi connectivity index (χ0v) is 13.6. The number of nitrogens with zero attached hydrogens (tertiary/aromatic N) is 2. The normalized spacial score (nSPS) is 14.8. The second kappa shape index (κ2) is 5.64. The lowest BCUT2D eigenvalue weighted by Gasteiger charge is -2.19. The van der Waals surface area contributed by atoms with Gasteiger partial charge in [-0.25, -0.2) is 9.37 Å². The van der Waals surface area contributed by atoms with Gasteiger partial charge in [-0.05, 0) is 47.9 Å². The molecule has 0 fully saturated rings. The number of rotatable bonds is 4. The molecule has 2 rings (SSSR count). The van der Waals surface area contributed by atoms with E-state index in [0.29, 0.717) is 15.4 Å². The van der Waals surface area contributed by atoms with E-state index in [-0.39, 0.29) is 11.9 Å². The highest BCUT2D eigenvalue weighted by atomic mass is 127. The highest BCUT2D eigenvalue weighted by Crippen LogP contribution is 2.29. The van der Waals surface area contributed by atoms with Gasteiger partial charge in [0.05, 0.1) is 14.6 Å². The molecule has 0 bridgehead atoms. The van der Waals surface area contributed by atoms with Gasteiger partial charge in [0, 0.05) is 12.1 Å². The van der Waals surface area contributed by atoms with Gasteiger partial charge < -0.3 is 10.3 Å². The van der Waals surface area contributed by atoms with Gasteiger partial charge in [-0.3, -0.25) is 0 Å². The Morgan fingerprint density at radius 1 is 1.42 bits per heavy atom. The van der Waals surface area contributed by atoms with Crippen molar-refractivity contribution >= 4 is 39.6 Å². The Morgan fingerprint density at radius 2 is 2.11 bits per heavy atom. The smallest absolute Gasteiger partial charge is 0.201 e. The summed E-state index contributed by atoms with van der Waals surface area (Å²) < 4.78 is 16.3. The maximum absolute atomic E-state index is 13.7. The third-order valence-corrected chi connectivity index (χ3v) is 4.47. The van der Waals surface area contributed by atoms with Gasteiger partial charge in [-0.2, -0.15) is 0 Å². The van der Waals surface area contributed by atoms with Gasteiger partial charge in [0.1, 0.15) is 5.82 Å². The number of anilines is 1. The number of hydrogen-bond donors (Lipinski definition) is 1. The van der Waals surface area contributed by atoms with E-state index < -0.39 is 0 Å². The fourth-order valence-electron chi connectivity index (χ4n) is 2.43. The lowest BCUT2D eigenvalue weighted by Crippen LogP contribution is -2.12. The molecule has 2 N–H and O–H groups in total. The second-order valence-corrected chi connectivity index (χ2v) is 6.36. The molecule has 0 saturated carbocycles. The van der Waals surface area contributed by atoms with Crippen LogP contribution in [0.3, 0.4) is 0 Å². The number of nitrogen functional groups attached to an aromatic ring is 1. The molecule has 0 amide bonds. The van der Waals surface area contributed by atoms with E-state index in [0.717, 1.165) is 23.9 Å². The Morgan fingerprint density at radius 3 is 2.74 bits per heavy atom. The van der Waals surface area contributed by atoms with E-state index in [1.165, 1.54) is 6.07 Å². The average Bonchev–Trinajstić information content (AvgIpc) is 2.65. The summed E-state index contributed by atoms with van der Waals surface area (Å²) in [5.74, 6) is 0.859. The van der Waals surface area contributed by atoms with Crippen LogP contribution in [-0.4, -0.2) is 9.55 Å². The summed E-state index contributed by atoms with van der Waals surface area (Å²) in [5, 5.41) is 0. The summed E-state index contributed by atoms with van der Waals surface area (Å²) in [4.78, 5) is 4.34. The number of imidazole rings is 1. The molecule has 1 aromatic carbocycles. The standard InChI is InChI=1S/C14H19FIN3/c1-4-8(2)5-9(3)19-13-6-10(15)11(16)7-12(13)18-14(19)17/h6-9H,4-5H2,1-3H3,(H2,17,18). The quantitative estimate of drug-likeness (QED) is 0.807. The van der Waals surface area contributed by atoms with Crippen molar-refractivity contribution in [1.29, 1.82) is 0 Å². The predicted molar refractivity (Wildman–Crippen MR) is 85.6 cm³/mol. The van der Waals surface area contributed by atoms with Crippen molar-refractivity contribution in [2.24, 2.45) is 5.92 Å². The Balaban J connectivity index is 2.47. The van der Waals surface area contributed by atoms with Gasteiger partial charge in [-0.15, -0.1) is 0 Å². The minimum Gasteiger partial charge on any atom is -0.369 e. The number of aromatic nitrogens is 2. The Bertz CT molecular complexity index is 594. The minimum absolute atomic E-state index is 0.218. The third kappa shape index (κ3) is 2.85. The van der Waals surface area contributed by atoms with Crippen LogP contribution in [0.4, 0.5) is 10.3 Å². The fraction of sp³-hybridized carbons (Fsp3) is 0.500. The number of fused-ring (bicyclic) bond motifs is 1. The molecular weight excluding hydrogens is 356 g/mol. The molecular formula is C14H19FIN3. The lowest BCUT2D eigenvalue weighted by atomic mass is 10.00. The van der Waals surface area contributed by atoms with Crippen LogP contribution in [0.1, 0.15) is 39.7 Å². The molecule has 104 valence electrons. The zero-order valence-electron chi connectivity index (χ0n) is 11.5. The van der Waals surface area contributed by atoms with Crippen LogP contribution in [0.25, 0.3) is 11.0 Å². The third-order valence-electron chi connectivity index (χ3n) is 3.64. The van der Waals surface area contributed by atoms with Crippen LogP contribution in [-0.2, 0) is 0 Å². The number of nitrogens with two attached hydrogens (primary N) is 1. The van der Waals surface area contributed by atoms with Gasteiger partial charge in [0.25, 0.3) is 0 Å². The molecule has 0 saturated heterocycles. The van der Waals surface area contributed by atoms with Gasteiger partial charge in [-0.1, -0.05) is 20.3 Å². The molecule has 5 heteroatoms. The first-order valence-electron chi connectivity index (χ1n) is 6.56. The highest BCUT2D eigenvalue weighted by molar-refractivity contribution is 14.1. The monoisotopic (exact) mass is 375 g/mol. The Kier molecular flexibility index (Phi) is 4.32. The fourth-order valence-corrected chi connectivity index (χ4v) is 2.88. The van der Waals surface area contributed by atoms with Crippen LogP contribution in [0.5, 0.6) is 0 Å². The molecule has 0 aliphatic carbocycles. The lowest BCUT2D eigenvalue weighted by molar-refractivity contribution is 0.407. The van der Waals surface area contributed by atoms with Crippen molar-refractivity contribution in [2.45, 2.75) is 39.7 Å². The molecule has 2 unspecified atom stereocenters. The molecule has 19 heavy (non-hydrogen) atoms. The molecule has 0 spiro atoms. The molecule has 1 aromatic heterocycles. The Labute approximate surface area is 126 Å². The van der Waals surface area contributed by atoms with E-state index >= 15 is 0 Å². The van der Waals surface area contributed by atoms with Crippen molar-refractivity contribution in [3.63, 3.8) is 0 Å². The van der Waals surface area contributed by atoms with Crippen molar-refractivity contribution in [3.05, 3.63) is 21.5 Å². The summed E-state index contributed by atoms with van der Waals surface area (Å²) in [6, 6.07) is 3.50. The highest BCUT2D eigenvalue weighted by Gasteiger charge is 2.17. The van der Waals surface area contributed by atoms with E-state index in [1.54, 1.807) is 6.07 Å². The molecule has 1 heterocycles. The SMILES string of the molecule is CCC(C)CC(C)n1c(N)nc2cc(I)c(F)cc21. The van der Waals surface area contributed by atoms with Gasteiger partial charge in [0.2, 0.25) is 5.95 Å². The van der Waals surface area contributed by atoms with Crippen molar-refractivity contribution in [2.75, 3.05) is 5.73 Å². The molecule has 2 aromatic rings.